The predicted octanol–water partition coefficient (Wildman–Crippen LogP) is 4.18. The minimum Gasteiger partial charge on any atom is -0.490 e. The van der Waals surface area contributed by atoms with Crippen LogP contribution in [0.5, 0.6) is 5.75 Å². The molecule has 2 aliphatic carbocycles. The van der Waals surface area contributed by atoms with Crippen LogP contribution in [0.2, 0.25) is 0 Å². The number of ether oxygens (including phenoxy) is 3. The number of aliphatic carboxylic acids is 1. The average molecular weight is 413 g/mol. The highest BCUT2D eigenvalue weighted by atomic mass is 16.7. The van der Waals surface area contributed by atoms with E-state index in [0.717, 1.165) is 61.3 Å². The Bertz CT molecular complexity index is 889. The first-order valence-corrected chi connectivity index (χ1v) is 10.8. The van der Waals surface area contributed by atoms with Crippen LogP contribution in [0.1, 0.15) is 43.4 Å². The third-order valence-corrected chi connectivity index (χ3v) is 6.64. The van der Waals surface area contributed by atoms with E-state index in [2.05, 4.69) is 5.16 Å². The molecule has 1 aromatic carbocycles. The Balaban J connectivity index is 1.20. The summed E-state index contributed by atoms with van der Waals surface area (Å²) in [4.78, 5) is 11.1. The first kappa shape index (κ1) is 19.6. The highest BCUT2D eigenvalue weighted by molar-refractivity contribution is 5.74. The molecule has 2 aromatic rings. The van der Waals surface area contributed by atoms with Crippen LogP contribution in [-0.4, -0.2) is 35.2 Å². The summed E-state index contributed by atoms with van der Waals surface area (Å²) < 4.78 is 23.2. The molecule has 1 aliphatic heterocycles. The van der Waals surface area contributed by atoms with Gasteiger partial charge in [-0.2, -0.15) is 0 Å². The molecule has 160 valence electrons. The molecule has 0 amide bonds. The molecule has 2 saturated carbocycles. The summed E-state index contributed by atoms with van der Waals surface area (Å²) in [5.74, 6) is 1.27. The normalized spacial score (nSPS) is 30.1. The number of hydrogen-bond donors (Lipinski definition) is 1. The minimum absolute atomic E-state index is 0.105. The van der Waals surface area contributed by atoms with Gasteiger partial charge in [-0.15, -0.1) is 0 Å². The molecule has 3 unspecified atom stereocenters. The number of benzene rings is 1. The topological polar surface area (TPSA) is 91.0 Å². The molecule has 7 nitrogen and oxygen atoms in total. The van der Waals surface area contributed by atoms with Gasteiger partial charge in [0.15, 0.2) is 12.1 Å². The van der Waals surface area contributed by atoms with Gasteiger partial charge in [0.1, 0.15) is 5.75 Å². The number of carboxylic acids is 1. The van der Waals surface area contributed by atoms with Gasteiger partial charge in [0.05, 0.1) is 24.3 Å². The molecule has 7 heteroatoms. The molecule has 3 atom stereocenters. The van der Waals surface area contributed by atoms with Crippen LogP contribution >= 0.6 is 0 Å². The number of aromatic nitrogens is 1. The summed E-state index contributed by atoms with van der Waals surface area (Å²) >= 11 is 0. The first-order valence-electron chi connectivity index (χ1n) is 10.8. The molecule has 1 aromatic heterocycles. The second-order valence-electron chi connectivity index (χ2n) is 8.61. The maximum absolute atomic E-state index is 11.1. The molecule has 3 aliphatic rings. The van der Waals surface area contributed by atoms with E-state index in [1.807, 2.05) is 31.2 Å². The highest BCUT2D eigenvalue weighted by Crippen LogP contribution is 2.58. The zero-order valence-electron chi connectivity index (χ0n) is 17.1. The van der Waals surface area contributed by atoms with Crippen LogP contribution in [0.15, 0.2) is 28.8 Å². The first-order chi connectivity index (χ1) is 14.6. The molecule has 5 rings (SSSR count). The maximum atomic E-state index is 11.1. The summed E-state index contributed by atoms with van der Waals surface area (Å²) in [6.45, 7) is 3.07. The van der Waals surface area contributed by atoms with Crippen LogP contribution in [0.25, 0.3) is 11.3 Å². The van der Waals surface area contributed by atoms with Crippen molar-refractivity contribution in [2.45, 2.75) is 58.0 Å². The maximum Gasteiger partial charge on any atom is 0.307 e. The van der Waals surface area contributed by atoms with Crippen molar-refractivity contribution < 1.29 is 28.6 Å². The number of nitrogens with zero attached hydrogens (tertiary/aromatic N) is 1. The lowest BCUT2D eigenvalue weighted by Crippen LogP contribution is -2.22. The molecule has 1 saturated heterocycles. The lowest BCUT2D eigenvalue weighted by Gasteiger charge is -2.22. The summed E-state index contributed by atoms with van der Waals surface area (Å²) in [6.07, 6.45) is 4.74. The molecule has 0 spiro atoms. The van der Waals surface area contributed by atoms with Gasteiger partial charge in [0.2, 0.25) is 0 Å². The van der Waals surface area contributed by atoms with Crippen LogP contribution in [0, 0.1) is 24.7 Å². The monoisotopic (exact) mass is 413 g/mol. The number of hydrogen-bond acceptors (Lipinski definition) is 6. The van der Waals surface area contributed by atoms with Crippen molar-refractivity contribution >= 4 is 5.97 Å². The van der Waals surface area contributed by atoms with E-state index in [1.165, 1.54) is 0 Å². The second-order valence-corrected chi connectivity index (χ2v) is 8.61. The Kier molecular flexibility index (Phi) is 5.25. The second kappa shape index (κ2) is 8.04. The van der Waals surface area contributed by atoms with Gasteiger partial charge in [-0.1, -0.05) is 5.16 Å². The predicted molar refractivity (Wildman–Crippen MR) is 107 cm³/mol. The Morgan fingerprint density at radius 2 is 1.97 bits per heavy atom. The fourth-order valence-electron chi connectivity index (χ4n) is 4.94. The van der Waals surface area contributed by atoms with E-state index in [9.17, 15) is 4.79 Å². The van der Waals surface area contributed by atoms with Gasteiger partial charge in [-0.25, -0.2) is 0 Å². The van der Waals surface area contributed by atoms with Crippen molar-refractivity contribution in [2.75, 3.05) is 6.61 Å². The van der Waals surface area contributed by atoms with Gasteiger partial charge in [0.25, 0.3) is 0 Å². The number of aryl methyl sites for hydroxylation is 1. The third kappa shape index (κ3) is 3.84. The Labute approximate surface area is 175 Å². The molecule has 0 bridgehead atoms. The van der Waals surface area contributed by atoms with E-state index >= 15 is 0 Å². The summed E-state index contributed by atoms with van der Waals surface area (Å²) in [7, 11) is 0. The van der Waals surface area contributed by atoms with E-state index in [1.54, 1.807) is 0 Å². The lowest BCUT2D eigenvalue weighted by atomic mass is 10.1. The van der Waals surface area contributed by atoms with Crippen molar-refractivity contribution in [3.05, 3.63) is 35.5 Å². The van der Waals surface area contributed by atoms with Crippen molar-refractivity contribution in [2.24, 2.45) is 17.8 Å². The van der Waals surface area contributed by atoms with Crippen molar-refractivity contribution in [1.82, 2.24) is 5.16 Å². The number of fused-ring (bicyclic) bond motifs is 1. The zero-order valence-corrected chi connectivity index (χ0v) is 17.1. The van der Waals surface area contributed by atoms with Crippen LogP contribution < -0.4 is 4.74 Å². The van der Waals surface area contributed by atoms with Gasteiger partial charge in [-0.3, -0.25) is 4.79 Å². The molecule has 1 N–H and O–H groups in total. The third-order valence-electron chi connectivity index (χ3n) is 6.64. The average Bonchev–Trinajstić information content (AvgIpc) is 3.07. The molecular weight excluding hydrogens is 386 g/mol. The SMILES string of the molecule is Cc1noc(-c2ccc(OC3CC4C(C3)C4C(=O)O)cc2)c1COC1CCCCO1. The van der Waals surface area contributed by atoms with Crippen LogP contribution in [0.4, 0.5) is 0 Å². The summed E-state index contributed by atoms with van der Waals surface area (Å²) in [6, 6.07) is 7.79. The molecule has 2 heterocycles. The van der Waals surface area contributed by atoms with E-state index in [-0.39, 0.29) is 18.3 Å². The fraction of sp³-hybridized carbons (Fsp3) is 0.565. The van der Waals surface area contributed by atoms with Gasteiger partial charge < -0.3 is 23.8 Å². The Morgan fingerprint density at radius 3 is 2.63 bits per heavy atom. The number of carboxylic acid groups (broad SMARTS) is 1. The van der Waals surface area contributed by atoms with Gasteiger partial charge in [-0.05, 0) is 75.1 Å². The van der Waals surface area contributed by atoms with Crippen molar-refractivity contribution in [3.63, 3.8) is 0 Å². The number of carbonyl (C=O) groups is 1. The smallest absolute Gasteiger partial charge is 0.307 e. The number of rotatable bonds is 7. The lowest BCUT2D eigenvalue weighted by molar-refractivity contribution is -0.168. The molecular formula is C23H27NO6. The molecule has 30 heavy (non-hydrogen) atoms. The van der Waals surface area contributed by atoms with Crippen LogP contribution in [0.3, 0.4) is 0 Å². The summed E-state index contributed by atoms with van der Waals surface area (Å²) in [5, 5.41) is 13.3. The van der Waals surface area contributed by atoms with Gasteiger partial charge >= 0.3 is 5.97 Å². The van der Waals surface area contributed by atoms with E-state index in [0.29, 0.717) is 24.2 Å². The molecule has 0 radical (unpaired) electrons. The molecule has 3 fully saturated rings. The Morgan fingerprint density at radius 1 is 1.20 bits per heavy atom. The summed E-state index contributed by atoms with van der Waals surface area (Å²) in [5.41, 5.74) is 2.68. The largest absolute Gasteiger partial charge is 0.490 e. The van der Waals surface area contributed by atoms with E-state index < -0.39 is 5.97 Å². The van der Waals surface area contributed by atoms with Gasteiger partial charge in [0, 0.05) is 17.7 Å². The quantitative estimate of drug-likeness (QED) is 0.728. The zero-order chi connectivity index (χ0) is 20.7. The standard InChI is InChI=1S/C23H27NO6/c1-13-19(12-28-20-4-2-3-9-27-20)22(30-24-13)14-5-7-15(8-6-14)29-16-10-17-18(11-16)21(17)23(25)26/h5-8,16-18,20-21H,2-4,9-12H2,1H3,(H,25,26). The van der Waals surface area contributed by atoms with Crippen molar-refractivity contribution in [3.8, 4) is 17.1 Å². The van der Waals surface area contributed by atoms with Crippen molar-refractivity contribution in [1.29, 1.82) is 0 Å². The van der Waals surface area contributed by atoms with E-state index in [4.69, 9.17) is 23.8 Å². The fourth-order valence-corrected chi connectivity index (χ4v) is 4.94. The Hall–Kier alpha value is -2.38. The minimum atomic E-state index is -0.662. The highest BCUT2D eigenvalue weighted by Gasteiger charge is 2.60. The van der Waals surface area contributed by atoms with Crippen LogP contribution in [-0.2, 0) is 20.9 Å².